The van der Waals surface area contributed by atoms with Crippen molar-refractivity contribution < 1.29 is 14.9 Å². The molecule has 0 spiro atoms. The summed E-state index contributed by atoms with van der Waals surface area (Å²) in [7, 11) is 0. The van der Waals surface area contributed by atoms with E-state index in [0.717, 1.165) is 0 Å². The smallest absolute Gasteiger partial charge is 0.294 e. The molecule has 0 radical (unpaired) electrons. The number of nitrogens with one attached hydrogen (secondary N) is 1. The normalized spacial score (nSPS) is 10.2. The van der Waals surface area contributed by atoms with E-state index in [1.807, 2.05) is 0 Å². The molecule has 0 bridgehead atoms. The van der Waals surface area contributed by atoms with Crippen molar-refractivity contribution in [3.05, 3.63) is 18.0 Å². The maximum Gasteiger partial charge on any atom is 0.395 e. The average molecular weight is 180 g/mol. The second-order valence-electron chi connectivity index (χ2n) is 2.25. The van der Waals surface area contributed by atoms with Gasteiger partial charge in [-0.1, -0.05) is 5.21 Å². The molecule has 2 heterocycles. The minimum absolute atomic E-state index is 0.124. The topological polar surface area (TPSA) is 101 Å². The van der Waals surface area contributed by atoms with E-state index in [1.54, 1.807) is 6.07 Å². The van der Waals surface area contributed by atoms with Gasteiger partial charge in [0.15, 0.2) is 0 Å². The van der Waals surface area contributed by atoms with Crippen molar-refractivity contribution in [3.63, 3.8) is 0 Å². The summed E-state index contributed by atoms with van der Waals surface area (Å²) >= 11 is 0. The minimum atomic E-state index is -0.981. The highest BCUT2D eigenvalue weighted by molar-refractivity contribution is 5.93. The first-order valence-electron chi connectivity index (χ1n) is 3.34. The standard InChI is InChI=1S/C6H4N4O3/c11-6(13-12)5-4-3(1-2-7-4)8-10-9-5/h1-2,12H,(H,8,9). The number of carbonyl (C=O) groups excluding carboxylic acids is 1. The molecule has 2 aliphatic heterocycles. The predicted molar refractivity (Wildman–Crippen MR) is 38.8 cm³/mol. The number of hydrogen-bond acceptors (Lipinski definition) is 6. The van der Waals surface area contributed by atoms with E-state index in [4.69, 9.17) is 5.26 Å². The Bertz CT molecular complexity index is 412. The summed E-state index contributed by atoms with van der Waals surface area (Å²) in [5, 5.41) is 17.5. The summed E-state index contributed by atoms with van der Waals surface area (Å²) in [5.41, 5.74) is 0.741. The van der Waals surface area contributed by atoms with Crippen molar-refractivity contribution in [2.75, 3.05) is 0 Å². The molecule has 0 fully saturated rings. The third-order valence-electron chi connectivity index (χ3n) is 1.52. The molecule has 0 aromatic rings. The lowest BCUT2D eigenvalue weighted by molar-refractivity contribution is -0.183. The van der Waals surface area contributed by atoms with Crippen molar-refractivity contribution in [3.8, 4) is 11.4 Å². The Morgan fingerprint density at radius 1 is 1.62 bits per heavy atom. The van der Waals surface area contributed by atoms with Crippen LogP contribution in [0, 0.1) is 0 Å². The van der Waals surface area contributed by atoms with E-state index >= 15 is 0 Å². The Kier molecular flexibility index (Phi) is 1.64. The van der Waals surface area contributed by atoms with Crippen molar-refractivity contribution >= 4 is 5.97 Å². The molecule has 2 aliphatic rings. The average Bonchev–Trinajstić information content (AvgIpc) is 2.63. The van der Waals surface area contributed by atoms with E-state index in [9.17, 15) is 4.79 Å². The summed E-state index contributed by atoms with van der Waals surface area (Å²) in [5.74, 6) is -0.981. The molecule has 7 nitrogen and oxygen atoms in total. The van der Waals surface area contributed by atoms with Crippen LogP contribution in [0.4, 0.5) is 0 Å². The number of nitrogens with zero attached hydrogens (tertiary/aromatic N) is 3. The maximum atomic E-state index is 10.9. The Labute approximate surface area is 71.6 Å². The number of fused-ring (bicyclic) bond motifs is 1. The molecule has 0 saturated carbocycles. The summed E-state index contributed by atoms with van der Waals surface area (Å²) in [6, 6.07) is 1.62. The number of aromatic amines is 1. The number of rotatable bonds is 1. The van der Waals surface area contributed by atoms with Crippen LogP contribution < -0.4 is 0 Å². The lowest BCUT2D eigenvalue weighted by Crippen LogP contribution is -2.10. The van der Waals surface area contributed by atoms with E-state index in [1.165, 1.54) is 6.20 Å². The van der Waals surface area contributed by atoms with Crippen LogP contribution in [-0.2, 0) is 4.89 Å². The molecule has 2 rings (SSSR count). The van der Waals surface area contributed by atoms with E-state index in [2.05, 4.69) is 25.3 Å². The summed E-state index contributed by atoms with van der Waals surface area (Å²) in [4.78, 5) is 18.3. The number of carbonyl (C=O) groups is 1. The van der Waals surface area contributed by atoms with Gasteiger partial charge < -0.3 is 0 Å². The number of aromatic nitrogens is 4. The fourth-order valence-electron chi connectivity index (χ4n) is 0.971. The van der Waals surface area contributed by atoms with Crippen molar-refractivity contribution in [2.24, 2.45) is 0 Å². The van der Waals surface area contributed by atoms with E-state index in [0.29, 0.717) is 11.4 Å². The Balaban J connectivity index is 2.58. The maximum absolute atomic E-state index is 10.9. The van der Waals surface area contributed by atoms with Gasteiger partial charge >= 0.3 is 5.97 Å². The van der Waals surface area contributed by atoms with Crippen molar-refractivity contribution in [2.45, 2.75) is 0 Å². The Morgan fingerprint density at radius 3 is 3.23 bits per heavy atom. The fraction of sp³-hybridized carbons (Fsp3) is 0. The van der Waals surface area contributed by atoms with Crippen LogP contribution in [0.3, 0.4) is 0 Å². The van der Waals surface area contributed by atoms with Crippen LogP contribution in [-0.4, -0.2) is 31.6 Å². The van der Waals surface area contributed by atoms with E-state index < -0.39 is 5.97 Å². The molecule has 0 amide bonds. The third kappa shape index (κ3) is 1.11. The molecule has 0 saturated heterocycles. The molecular formula is C6H4N4O3. The lowest BCUT2D eigenvalue weighted by Gasteiger charge is -1.99. The van der Waals surface area contributed by atoms with Gasteiger partial charge in [-0.2, -0.15) is 5.26 Å². The highest BCUT2D eigenvalue weighted by Gasteiger charge is 2.20. The summed E-state index contributed by atoms with van der Waals surface area (Å²) in [6.45, 7) is 0. The number of hydrogen-bond donors (Lipinski definition) is 2. The van der Waals surface area contributed by atoms with Gasteiger partial charge in [-0.3, -0.25) is 15.0 Å². The monoisotopic (exact) mass is 180 g/mol. The molecule has 0 aromatic carbocycles. The predicted octanol–water partition coefficient (Wildman–Crippen LogP) is -0.0657. The molecular weight excluding hydrogens is 176 g/mol. The Morgan fingerprint density at radius 2 is 2.46 bits per heavy atom. The zero-order chi connectivity index (χ0) is 9.26. The first-order valence-corrected chi connectivity index (χ1v) is 3.34. The molecule has 7 heteroatoms. The van der Waals surface area contributed by atoms with Crippen LogP contribution in [0.25, 0.3) is 11.4 Å². The highest BCUT2D eigenvalue weighted by Crippen LogP contribution is 2.18. The highest BCUT2D eigenvalue weighted by atomic mass is 17.1. The van der Waals surface area contributed by atoms with Gasteiger partial charge in [0.2, 0.25) is 5.69 Å². The largest absolute Gasteiger partial charge is 0.395 e. The quantitative estimate of drug-likeness (QED) is 0.470. The zero-order valence-electron chi connectivity index (χ0n) is 6.26. The van der Waals surface area contributed by atoms with Crippen LogP contribution in [0.5, 0.6) is 0 Å². The van der Waals surface area contributed by atoms with Crippen molar-refractivity contribution in [1.82, 2.24) is 20.4 Å². The fourth-order valence-corrected chi connectivity index (χ4v) is 0.971. The van der Waals surface area contributed by atoms with Crippen molar-refractivity contribution in [1.29, 1.82) is 0 Å². The lowest BCUT2D eigenvalue weighted by atomic mass is 10.2. The van der Waals surface area contributed by atoms with Gasteiger partial charge in [-0.05, 0) is 6.07 Å². The minimum Gasteiger partial charge on any atom is -0.294 e. The molecule has 66 valence electrons. The van der Waals surface area contributed by atoms with Crippen LogP contribution in [0.1, 0.15) is 10.5 Å². The van der Waals surface area contributed by atoms with Gasteiger partial charge in [-0.25, -0.2) is 4.79 Å². The van der Waals surface area contributed by atoms with Gasteiger partial charge in [0, 0.05) is 6.20 Å². The van der Waals surface area contributed by atoms with Crippen LogP contribution in [0.2, 0.25) is 0 Å². The zero-order valence-corrected chi connectivity index (χ0v) is 6.26. The molecule has 0 atom stereocenters. The van der Waals surface area contributed by atoms with Crippen LogP contribution >= 0.6 is 0 Å². The van der Waals surface area contributed by atoms with Crippen LogP contribution in [0.15, 0.2) is 12.3 Å². The molecule has 13 heavy (non-hydrogen) atoms. The van der Waals surface area contributed by atoms with Gasteiger partial charge in [-0.15, -0.1) is 5.10 Å². The second-order valence-corrected chi connectivity index (χ2v) is 2.25. The molecule has 2 N–H and O–H groups in total. The molecule has 0 aliphatic carbocycles. The van der Waals surface area contributed by atoms with E-state index in [-0.39, 0.29) is 5.69 Å². The first kappa shape index (κ1) is 7.62. The third-order valence-corrected chi connectivity index (χ3v) is 1.52. The summed E-state index contributed by atoms with van der Waals surface area (Å²) in [6.07, 6.45) is 1.48. The number of H-pyrrole nitrogens is 1. The first-order chi connectivity index (χ1) is 6.33. The Hall–Kier alpha value is -2.02. The second kappa shape index (κ2) is 2.79. The SMILES string of the molecule is O=C(OO)c1nn[nH]c2ccnc1-2. The molecule has 0 unspecified atom stereocenters. The summed E-state index contributed by atoms with van der Waals surface area (Å²) < 4.78 is 0. The van der Waals surface area contributed by atoms with Gasteiger partial charge in [0.05, 0.1) is 5.69 Å². The van der Waals surface area contributed by atoms with Gasteiger partial charge in [0.1, 0.15) is 5.69 Å². The molecule has 0 aromatic heterocycles. The van der Waals surface area contributed by atoms with Gasteiger partial charge in [0.25, 0.3) is 0 Å².